The molecule has 0 aromatic heterocycles. The van der Waals surface area contributed by atoms with Crippen molar-refractivity contribution in [1.82, 2.24) is 9.62 Å². The molecule has 0 radical (unpaired) electrons. The maximum Gasteiger partial charge on any atom is 0.243 e. The number of benzene rings is 2. The Morgan fingerprint density at radius 1 is 1.18 bits per heavy atom. The number of sulfonamides is 1. The van der Waals surface area contributed by atoms with Crippen LogP contribution in [0.25, 0.3) is 0 Å². The van der Waals surface area contributed by atoms with Crippen molar-refractivity contribution in [3.05, 3.63) is 59.6 Å². The third-order valence-electron chi connectivity index (χ3n) is 4.87. The van der Waals surface area contributed by atoms with Crippen molar-refractivity contribution in [2.24, 2.45) is 0 Å². The number of amides is 1. The van der Waals surface area contributed by atoms with E-state index in [0.717, 1.165) is 5.69 Å². The summed E-state index contributed by atoms with van der Waals surface area (Å²) in [6.07, 6.45) is 1.18. The van der Waals surface area contributed by atoms with E-state index in [0.29, 0.717) is 37.5 Å². The monoisotopic (exact) mass is 421 g/mol. The fourth-order valence-corrected chi connectivity index (χ4v) is 5.09. The minimum absolute atomic E-state index is 0.153. The highest BCUT2D eigenvalue weighted by Gasteiger charge is 2.39. The van der Waals surface area contributed by atoms with Crippen LogP contribution in [-0.2, 0) is 14.8 Å². The normalized spacial score (nSPS) is 17.4. The largest absolute Gasteiger partial charge is 0.373 e. The van der Waals surface area contributed by atoms with E-state index < -0.39 is 16.1 Å². The van der Waals surface area contributed by atoms with Crippen LogP contribution >= 0.6 is 11.6 Å². The number of anilines is 1. The van der Waals surface area contributed by atoms with Gasteiger partial charge in [0.25, 0.3) is 0 Å². The number of nitrogens with zero attached hydrogens (tertiary/aromatic N) is 2. The summed E-state index contributed by atoms with van der Waals surface area (Å²) in [6, 6.07) is 15.2. The molecular formula is C20H24ClN3O3S. The van der Waals surface area contributed by atoms with Crippen molar-refractivity contribution in [1.29, 1.82) is 0 Å². The molecule has 0 bridgehead atoms. The molecule has 2 aromatic carbocycles. The van der Waals surface area contributed by atoms with Crippen LogP contribution in [0, 0.1) is 0 Å². The van der Waals surface area contributed by atoms with Crippen molar-refractivity contribution in [2.75, 3.05) is 31.6 Å². The first kappa shape index (κ1) is 20.6. The zero-order valence-electron chi connectivity index (χ0n) is 15.7. The van der Waals surface area contributed by atoms with Gasteiger partial charge in [-0.3, -0.25) is 4.79 Å². The highest BCUT2D eigenvalue weighted by Crippen LogP contribution is 2.27. The molecule has 1 fully saturated rings. The van der Waals surface area contributed by atoms with Gasteiger partial charge >= 0.3 is 0 Å². The van der Waals surface area contributed by atoms with Gasteiger partial charge in [0.05, 0.1) is 4.90 Å². The summed E-state index contributed by atoms with van der Waals surface area (Å²) in [5.74, 6) is -0.253. The molecule has 1 aliphatic heterocycles. The molecule has 1 N–H and O–H groups in total. The Morgan fingerprint density at radius 2 is 1.86 bits per heavy atom. The van der Waals surface area contributed by atoms with Crippen molar-refractivity contribution >= 4 is 33.2 Å². The molecule has 1 unspecified atom stereocenters. The Balaban J connectivity index is 1.60. The molecule has 1 saturated heterocycles. The van der Waals surface area contributed by atoms with Crippen molar-refractivity contribution in [2.45, 2.75) is 23.8 Å². The predicted molar refractivity (Wildman–Crippen MR) is 111 cm³/mol. The number of likely N-dealkylation sites (N-methyl/N-ethyl adjacent to an activating group) is 1. The van der Waals surface area contributed by atoms with Gasteiger partial charge in [-0.1, -0.05) is 29.8 Å². The Bertz CT molecular complexity index is 904. The van der Waals surface area contributed by atoms with Gasteiger partial charge in [0.15, 0.2) is 0 Å². The molecule has 6 nitrogen and oxygen atoms in total. The molecule has 150 valence electrons. The number of halogens is 1. The number of nitrogens with one attached hydrogen (secondary N) is 1. The van der Waals surface area contributed by atoms with Crippen LogP contribution in [0.2, 0.25) is 5.02 Å². The third-order valence-corrected chi connectivity index (χ3v) is 7.04. The lowest BCUT2D eigenvalue weighted by Gasteiger charge is -2.24. The van der Waals surface area contributed by atoms with E-state index in [9.17, 15) is 13.2 Å². The summed E-state index contributed by atoms with van der Waals surface area (Å²) in [6.45, 7) is 1.41. The smallest absolute Gasteiger partial charge is 0.243 e. The van der Waals surface area contributed by atoms with E-state index in [4.69, 9.17) is 11.6 Å². The molecule has 1 atom stereocenters. The SMILES string of the molecule is CN(CCNC(=O)C1CCCN1S(=O)(=O)c1ccc(Cl)cc1)c1ccccc1. The topological polar surface area (TPSA) is 69.7 Å². The molecule has 28 heavy (non-hydrogen) atoms. The Hall–Kier alpha value is -2.09. The number of carbonyl (C=O) groups is 1. The van der Waals surface area contributed by atoms with Gasteiger partial charge in [-0.2, -0.15) is 4.31 Å². The van der Waals surface area contributed by atoms with Crippen LogP contribution in [0.1, 0.15) is 12.8 Å². The van der Waals surface area contributed by atoms with Gasteiger partial charge < -0.3 is 10.2 Å². The molecule has 1 aliphatic rings. The lowest BCUT2D eigenvalue weighted by Crippen LogP contribution is -2.47. The van der Waals surface area contributed by atoms with Crippen molar-refractivity contribution in [3.8, 4) is 0 Å². The Morgan fingerprint density at radius 3 is 2.54 bits per heavy atom. The number of hydrogen-bond acceptors (Lipinski definition) is 4. The molecule has 0 aliphatic carbocycles. The fourth-order valence-electron chi connectivity index (χ4n) is 3.31. The van der Waals surface area contributed by atoms with Gasteiger partial charge in [-0.05, 0) is 49.2 Å². The van der Waals surface area contributed by atoms with Crippen molar-refractivity contribution in [3.63, 3.8) is 0 Å². The average molecular weight is 422 g/mol. The fraction of sp³-hybridized carbons (Fsp3) is 0.350. The highest BCUT2D eigenvalue weighted by molar-refractivity contribution is 7.89. The van der Waals surface area contributed by atoms with Crippen LogP contribution in [0.15, 0.2) is 59.5 Å². The number of rotatable bonds is 7. The summed E-state index contributed by atoms with van der Waals surface area (Å²) >= 11 is 5.85. The molecule has 1 heterocycles. The van der Waals surface area contributed by atoms with Crippen LogP contribution in [-0.4, -0.2) is 51.4 Å². The van der Waals surface area contributed by atoms with E-state index >= 15 is 0 Å². The van der Waals surface area contributed by atoms with Gasteiger partial charge in [-0.25, -0.2) is 8.42 Å². The molecule has 3 rings (SSSR count). The first-order chi connectivity index (χ1) is 13.4. The van der Waals surface area contributed by atoms with E-state index in [1.54, 1.807) is 12.1 Å². The Labute approximate surface area is 171 Å². The summed E-state index contributed by atoms with van der Waals surface area (Å²) in [5.41, 5.74) is 1.06. The molecular weight excluding hydrogens is 398 g/mol. The Kier molecular flexibility index (Phi) is 6.59. The lowest BCUT2D eigenvalue weighted by atomic mass is 10.2. The second kappa shape index (κ2) is 8.94. The van der Waals surface area contributed by atoms with Crippen LogP contribution in [0.3, 0.4) is 0 Å². The minimum atomic E-state index is -3.73. The highest BCUT2D eigenvalue weighted by atomic mass is 35.5. The average Bonchev–Trinajstić information content (AvgIpc) is 3.20. The zero-order valence-corrected chi connectivity index (χ0v) is 17.3. The van der Waals surface area contributed by atoms with Gasteiger partial charge in [0.2, 0.25) is 15.9 Å². The summed E-state index contributed by atoms with van der Waals surface area (Å²) < 4.78 is 27.1. The first-order valence-corrected chi connectivity index (χ1v) is 11.0. The van der Waals surface area contributed by atoms with Gasteiger partial charge in [0, 0.05) is 37.4 Å². The third kappa shape index (κ3) is 4.66. The second-order valence-electron chi connectivity index (χ2n) is 6.78. The summed E-state index contributed by atoms with van der Waals surface area (Å²) in [7, 11) is -1.78. The molecule has 8 heteroatoms. The van der Waals surface area contributed by atoms with Crippen LogP contribution in [0.5, 0.6) is 0 Å². The quantitative estimate of drug-likeness (QED) is 0.746. The summed E-state index contributed by atoms with van der Waals surface area (Å²) in [5, 5.41) is 3.35. The van der Waals surface area contributed by atoms with Gasteiger partial charge in [-0.15, -0.1) is 0 Å². The second-order valence-corrected chi connectivity index (χ2v) is 9.10. The minimum Gasteiger partial charge on any atom is -0.373 e. The molecule has 2 aromatic rings. The van der Waals surface area contributed by atoms with Crippen LogP contribution < -0.4 is 10.2 Å². The lowest BCUT2D eigenvalue weighted by molar-refractivity contribution is -0.124. The van der Waals surface area contributed by atoms with E-state index in [1.807, 2.05) is 42.3 Å². The van der Waals surface area contributed by atoms with E-state index in [-0.39, 0.29) is 10.8 Å². The standard InChI is InChI=1S/C20H24ClN3O3S/c1-23(17-6-3-2-4-7-17)15-13-22-20(25)19-8-5-14-24(19)28(26,27)18-11-9-16(21)10-12-18/h2-4,6-7,9-12,19H,5,8,13-15H2,1H3,(H,22,25). The number of hydrogen-bond donors (Lipinski definition) is 1. The summed E-state index contributed by atoms with van der Waals surface area (Å²) in [4.78, 5) is 14.8. The van der Waals surface area contributed by atoms with E-state index in [1.165, 1.54) is 16.4 Å². The zero-order chi connectivity index (χ0) is 20.1. The predicted octanol–water partition coefficient (Wildman–Crippen LogP) is 2.75. The van der Waals surface area contributed by atoms with Crippen molar-refractivity contribution < 1.29 is 13.2 Å². The maximum atomic E-state index is 12.9. The van der Waals surface area contributed by atoms with Gasteiger partial charge in [0.1, 0.15) is 6.04 Å². The maximum absolute atomic E-state index is 12.9. The first-order valence-electron chi connectivity index (χ1n) is 9.21. The molecule has 0 saturated carbocycles. The molecule has 1 amide bonds. The number of carbonyl (C=O) groups excluding carboxylic acids is 1. The van der Waals surface area contributed by atoms with E-state index in [2.05, 4.69) is 5.32 Å². The number of para-hydroxylation sites is 1. The molecule has 0 spiro atoms. The van der Waals surface area contributed by atoms with Crippen LogP contribution in [0.4, 0.5) is 5.69 Å².